The first-order chi connectivity index (χ1) is 8.81. The molecule has 3 N–H and O–H groups in total. The zero-order chi connectivity index (χ0) is 14.6. The fourth-order valence-electron chi connectivity index (χ4n) is 1.40. The number of methoxy groups -OCH3 is 1. The maximum absolute atomic E-state index is 12.2. The zero-order valence-electron chi connectivity index (χ0n) is 10.7. The number of nitrogens with one attached hydrogen (secondary N) is 1. The smallest absolute Gasteiger partial charge is 0.339 e. The van der Waals surface area contributed by atoms with Gasteiger partial charge in [0, 0.05) is 11.7 Å². The summed E-state index contributed by atoms with van der Waals surface area (Å²) in [6.07, 6.45) is 1.43. The van der Waals surface area contributed by atoms with E-state index in [1.807, 2.05) is 0 Å². The Morgan fingerprint density at radius 3 is 2.68 bits per heavy atom. The fourth-order valence-corrected chi connectivity index (χ4v) is 2.84. The number of benzene rings is 1. The third-order valence-corrected chi connectivity index (χ3v) is 3.99. The summed E-state index contributed by atoms with van der Waals surface area (Å²) in [5, 5.41) is 0. The SMILES string of the molecule is C=CC(C)NS(=O)(=O)c1cc(N)ccc1C(=O)OC. The number of nitrogen functional groups attached to an aromatic ring is 1. The number of esters is 1. The van der Waals surface area contributed by atoms with Gasteiger partial charge in [0.15, 0.2) is 0 Å². The molecule has 19 heavy (non-hydrogen) atoms. The van der Waals surface area contributed by atoms with Gasteiger partial charge in [-0.2, -0.15) is 0 Å². The van der Waals surface area contributed by atoms with E-state index >= 15 is 0 Å². The molecule has 0 amide bonds. The molecule has 1 rings (SSSR count). The van der Waals surface area contributed by atoms with Crippen LogP contribution in [0.15, 0.2) is 35.7 Å². The molecule has 7 heteroatoms. The van der Waals surface area contributed by atoms with Gasteiger partial charge in [0.05, 0.1) is 17.6 Å². The van der Waals surface area contributed by atoms with Crippen LogP contribution in [-0.4, -0.2) is 27.5 Å². The van der Waals surface area contributed by atoms with Crippen molar-refractivity contribution in [2.45, 2.75) is 17.9 Å². The summed E-state index contributed by atoms with van der Waals surface area (Å²) in [6.45, 7) is 5.11. The van der Waals surface area contributed by atoms with Crippen molar-refractivity contribution in [1.29, 1.82) is 0 Å². The first kappa shape index (κ1) is 15.2. The molecule has 6 nitrogen and oxygen atoms in total. The number of nitrogens with two attached hydrogens (primary N) is 1. The Morgan fingerprint density at radius 1 is 1.53 bits per heavy atom. The van der Waals surface area contributed by atoms with Gasteiger partial charge in [-0.1, -0.05) is 6.08 Å². The highest BCUT2D eigenvalue weighted by molar-refractivity contribution is 7.89. The van der Waals surface area contributed by atoms with Crippen LogP contribution >= 0.6 is 0 Å². The van der Waals surface area contributed by atoms with Crippen LogP contribution in [-0.2, 0) is 14.8 Å². The Kier molecular flexibility index (Phi) is 4.68. The number of anilines is 1. The number of carbonyl (C=O) groups excluding carboxylic acids is 1. The van der Waals surface area contributed by atoms with Crippen LogP contribution in [0.2, 0.25) is 0 Å². The highest BCUT2D eigenvalue weighted by Gasteiger charge is 2.24. The lowest BCUT2D eigenvalue weighted by atomic mass is 10.2. The van der Waals surface area contributed by atoms with Crippen LogP contribution in [0.4, 0.5) is 5.69 Å². The highest BCUT2D eigenvalue weighted by atomic mass is 32.2. The number of hydrogen-bond donors (Lipinski definition) is 2. The molecule has 0 bridgehead atoms. The van der Waals surface area contributed by atoms with Crippen molar-refractivity contribution in [1.82, 2.24) is 4.72 Å². The fraction of sp³-hybridized carbons (Fsp3) is 0.250. The van der Waals surface area contributed by atoms with Crippen molar-refractivity contribution in [3.8, 4) is 0 Å². The van der Waals surface area contributed by atoms with Crippen molar-refractivity contribution in [2.24, 2.45) is 0 Å². The summed E-state index contributed by atoms with van der Waals surface area (Å²) in [5.74, 6) is -0.744. The van der Waals surface area contributed by atoms with E-state index in [9.17, 15) is 13.2 Å². The minimum atomic E-state index is -3.88. The van der Waals surface area contributed by atoms with Crippen molar-refractivity contribution in [3.63, 3.8) is 0 Å². The van der Waals surface area contributed by atoms with Gasteiger partial charge in [-0.15, -0.1) is 6.58 Å². The first-order valence-corrected chi connectivity index (χ1v) is 6.93. The van der Waals surface area contributed by atoms with Crippen LogP contribution in [0, 0.1) is 0 Å². The molecule has 0 aliphatic carbocycles. The largest absolute Gasteiger partial charge is 0.465 e. The number of rotatable bonds is 5. The van der Waals surface area contributed by atoms with Gasteiger partial charge in [0.1, 0.15) is 0 Å². The topological polar surface area (TPSA) is 98.5 Å². The van der Waals surface area contributed by atoms with Gasteiger partial charge in [-0.25, -0.2) is 17.9 Å². The Morgan fingerprint density at radius 2 is 2.16 bits per heavy atom. The Bertz CT molecular complexity index is 596. The molecule has 0 fully saturated rings. The normalized spacial score (nSPS) is 12.7. The summed E-state index contributed by atoms with van der Waals surface area (Å²) < 4.78 is 31.3. The predicted octanol–water partition coefficient (Wildman–Crippen LogP) is 0.908. The molecular weight excluding hydrogens is 268 g/mol. The number of carbonyl (C=O) groups is 1. The number of ether oxygens (including phenoxy) is 1. The average Bonchev–Trinajstić information content (AvgIpc) is 2.37. The third kappa shape index (κ3) is 3.55. The van der Waals surface area contributed by atoms with Crippen molar-refractivity contribution < 1.29 is 17.9 Å². The van der Waals surface area contributed by atoms with Gasteiger partial charge in [0.2, 0.25) is 10.0 Å². The van der Waals surface area contributed by atoms with Crippen LogP contribution < -0.4 is 10.5 Å². The maximum atomic E-state index is 12.2. The summed E-state index contributed by atoms with van der Waals surface area (Å²) >= 11 is 0. The maximum Gasteiger partial charge on any atom is 0.339 e. The lowest BCUT2D eigenvalue weighted by Gasteiger charge is -2.13. The molecule has 0 radical (unpaired) electrons. The Labute approximate surface area is 112 Å². The molecule has 0 aromatic heterocycles. The molecule has 0 saturated heterocycles. The Balaban J connectivity index is 3.35. The van der Waals surface area contributed by atoms with Gasteiger partial charge < -0.3 is 10.5 Å². The van der Waals surface area contributed by atoms with E-state index in [4.69, 9.17) is 5.73 Å². The molecule has 104 valence electrons. The van der Waals surface area contributed by atoms with Gasteiger partial charge in [-0.05, 0) is 25.1 Å². The minimum absolute atomic E-state index is 0.0690. The summed E-state index contributed by atoms with van der Waals surface area (Å²) in [4.78, 5) is 11.4. The number of sulfonamides is 1. The molecule has 0 spiro atoms. The van der Waals surface area contributed by atoms with Gasteiger partial charge in [-0.3, -0.25) is 0 Å². The van der Waals surface area contributed by atoms with E-state index in [0.717, 1.165) is 0 Å². The predicted molar refractivity (Wildman–Crippen MR) is 72.2 cm³/mol. The highest BCUT2D eigenvalue weighted by Crippen LogP contribution is 2.20. The van der Waals surface area contributed by atoms with Gasteiger partial charge >= 0.3 is 5.97 Å². The van der Waals surface area contributed by atoms with E-state index in [-0.39, 0.29) is 16.1 Å². The molecule has 1 aromatic rings. The molecule has 0 saturated carbocycles. The average molecular weight is 284 g/mol. The van der Waals surface area contributed by atoms with Crippen LogP contribution in [0.3, 0.4) is 0 Å². The van der Waals surface area contributed by atoms with Crippen molar-refractivity contribution in [3.05, 3.63) is 36.4 Å². The van der Waals surface area contributed by atoms with Crippen LogP contribution in [0.5, 0.6) is 0 Å². The van der Waals surface area contributed by atoms with E-state index in [1.165, 1.54) is 31.4 Å². The molecule has 1 aromatic carbocycles. The van der Waals surface area contributed by atoms with Crippen molar-refractivity contribution in [2.75, 3.05) is 12.8 Å². The van der Waals surface area contributed by atoms with E-state index < -0.39 is 22.0 Å². The summed E-state index contributed by atoms with van der Waals surface area (Å²) in [7, 11) is -2.71. The van der Waals surface area contributed by atoms with Crippen LogP contribution in [0.25, 0.3) is 0 Å². The monoisotopic (exact) mass is 284 g/mol. The second kappa shape index (κ2) is 5.85. The van der Waals surface area contributed by atoms with Crippen LogP contribution in [0.1, 0.15) is 17.3 Å². The molecular formula is C12H16N2O4S. The zero-order valence-corrected chi connectivity index (χ0v) is 11.5. The molecule has 1 unspecified atom stereocenters. The molecule has 0 aliphatic rings. The number of hydrogen-bond acceptors (Lipinski definition) is 5. The molecule has 0 heterocycles. The lowest BCUT2D eigenvalue weighted by molar-refractivity contribution is 0.0596. The second-order valence-corrected chi connectivity index (χ2v) is 5.58. The standard InChI is InChI=1S/C12H16N2O4S/c1-4-8(2)14-19(16,17)11-7-9(13)5-6-10(11)12(15)18-3/h4-8,14H,1,13H2,2-3H3. The molecule has 1 atom stereocenters. The third-order valence-electron chi connectivity index (χ3n) is 2.40. The van der Waals surface area contributed by atoms with Crippen molar-refractivity contribution >= 4 is 21.7 Å². The minimum Gasteiger partial charge on any atom is -0.465 e. The molecule has 0 aliphatic heterocycles. The first-order valence-electron chi connectivity index (χ1n) is 5.44. The Hall–Kier alpha value is -1.86. The van der Waals surface area contributed by atoms with Gasteiger partial charge in [0.25, 0.3) is 0 Å². The quantitative estimate of drug-likeness (QED) is 0.475. The van der Waals surface area contributed by atoms with E-state index in [1.54, 1.807) is 6.92 Å². The summed E-state index contributed by atoms with van der Waals surface area (Å²) in [6, 6.07) is 3.48. The van der Waals surface area contributed by atoms with E-state index in [2.05, 4.69) is 16.0 Å². The summed E-state index contributed by atoms with van der Waals surface area (Å²) in [5.41, 5.74) is 5.73. The second-order valence-electron chi connectivity index (χ2n) is 3.89. The van der Waals surface area contributed by atoms with E-state index in [0.29, 0.717) is 0 Å². The lowest BCUT2D eigenvalue weighted by Crippen LogP contribution is -2.32.